The first kappa shape index (κ1) is 19.7. The minimum Gasteiger partial charge on any atom is -0.391 e. The Hall–Kier alpha value is -2.06. The summed E-state index contributed by atoms with van der Waals surface area (Å²) in [6, 6.07) is 4.16. The molecule has 2 aromatic rings. The van der Waals surface area contributed by atoms with E-state index in [0.717, 1.165) is 16.1 Å². The van der Waals surface area contributed by atoms with E-state index < -0.39 is 11.9 Å². The molecule has 0 bridgehead atoms. The van der Waals surface area contributed by atoms with Crippen molar-refractivity contribution in [2.45, 2.75) is 26.0 Å². The van der Waals surface area contributed by atoms with E-state index in [9.17, 15) is 14.3 Å². The summed E-state index contributed by atoms with van der Waals surface area (Å²) in [4.78, 5) is 17.8. The van der Waals surface area contributed by atoms with Crippen LogP contribution < -0.4 is 11.1 Å². The predicted molar refractivity (Wildman–Crippen MR) is 105 cm³/mol. The number of amides is 1. The monoisotopic (exact) mass is 407 g/mol. The zero-order chi connectivity index (χ0) is 19.6. The molecule has 0 aliphatic heterocycles. The fourth-order valence-electron chi connectivity index (χ4n) is 2.79. The number of thiazole rings is 1. The van der Waals surface area contributed by atoms with E-state index in [2.05, 4.69) is 10.3 Å². The van der Waals surface area contributed by atoms with Gasteiger partial charge in [-0.2, -0.15) is 0 Å². The maximum atomic E-state index is 13.7. The number of hydrogen-bond acceptors (Lipinski definition) is 5. The van der Waals surface area contributed by atoms with Crippen LogP contribution in [0.1, 0.15) is 33.6 Å². The Labute approximate surface area is 165 Å². The van der Waals surface area contributed by atoms with Crippen molar-refractivity contribution >= 4 is 34.4 Å². The molecule has 1 amide bonds. The second-order valence-corrected chi connectivity index (χ2v) is 7.69. The normalized spacial score (nSPS) is 14.7. The molecule has 0 fully saturated rings. The van der Waals surface area contributed by atoms with E-state index >= 15 is 0 Å². The number of allylic oxidation sites excluding steroid dienone is 3. The molecule has 4 N–H and O–H groups in total. The van der Waals surface area contributed by atoms with Gasteiger partial charge < -0.3 is 16.2 Å². The number of halogens is 2. The van der Waals surface area contributed by atoms with Crippen LogP contribution in [0.4, 0.5) is 4.39 Å². The lowest BCUT2D eigenvalue weighted by atomic mass is 10.0. The molecule has 1 atom stereocenters. The Morgan fingerprint density at radius 2 is 2.26 bits per heavy atom. The van der Waals surface area contributed by atoms with Crippen molar-refractivity contribution in [1.29, 1.82) is 0 Å². The third-order valence-electron chi connectivity index (χ3n) is 4.34. The van der Waals surface area contributed by atoms with Crippen molar-refractivity contribution in [1.82, 2.24) is 10.3 Å². The molecule has 1 heterocycles. The maximum Gasteiger partial charge on any atom is 0.248 e. The molecule has 1 aliphatic carbocycles. The fourth-order valence-corrected chi connectivity index (χ4v) is 3.90. The molecule has 142 valence electrons. The quantitative estimate of drug-likeness (QED) is 0.685. The lowest BCUT2D eigenvalue weighted by Gasteiger charge is -2.15. The van der Waals surface area contributed by atoms with Gasteiger partial charge in [-0.05, 0) is 30.2 Å². The molecule has 3 rings (SSSR count). The number of rotatable bonds is 6. The number of carbonyl (C=O) groups excluding carboxylic acids is 1. The number of carbonyl (C=O) groups is 1. The number of aryl methyl sites for hydroxylation is 1. The summed E-state index contributed by atoms with van der Waals surface area (Å²) in [5.41, 5.74) is 8.63. The van der Waals surface area contributed by atoms with Crippen LogP contribution in [-0.4, -0.2) is 22.5 Å². The van der Waals surface area contributed by atoms with Gasteiger partial charge in [-0.15, -0.1) is 11.3 Å². The van der Waals surface area contributed by atoms with Crippen LogP contribution >= 0.6 is 22.9 Å². The Kier molecular flexibility index (Phi) is 6.06. The highest BCUT2D eigenvalue weighted by Crippen LogP contribution is 2.31. The average Bonchev–Trinajstić information content (AvgIpc) is 3.28. The highest BCUT2D eigenvalue weighted by molar-refractivity contribution is 7.11. The van der Waals surface area contributed by atoms with Gasteiger partial charge in [0.1, 0.15) is 10.8 Å². The zero-order valence-electron chi connectivity index (χ0n) is 14.6. The minimum absolute atomic E-state index is 0.0649. The van der Waals surface area contributed by atoms with Crippen molar-refractivity contribution in [3.05, 3.63) is 67.9 Å². The first-order valence-corrected chi connectivity index (χ1v) is 9.55. The van der Waals surface area contributed by atoms with Crippen LogP contribution in [0, 0.1) is 12.7 Å². The van der Waals surface area contributed by atoms with Crippen molar-refractivity contribution in [3.63, 3.8) is 0 Å². The largest absolute Gasteiger partial charge is 0.391 e. The number of hydrogen-bond donors (Lipinski definition) is 3. The van der Waals surface area contributed by atoms with Crippen LogP contribution in [0.5, 0.6) is 0 Å². The summed E-state index contributed by atoms with van der Waals surface area (Å²) in [5, 5.41) is 12.9. The van der Waals surface area contributed by atoms with Crippen molar-refractivity contribution in [2.24, 2.45) is 5.73 Å². The first-order valence-electron chi connectivity index (χ1n) is 8.36. The molecule has 0 radical (unpaired) electrons. The molecule has 5 nitrogen and oxygen atoms in total. The molecule has 8 heteroatoms. The maximum absolute atomic E-state index is 13.7. The number of aliphatic hydroxyl groups is 1. The van der Waals surface area contributed by atoms with Gasteiger partial charge in [-0.3, -0.25) is 4.79 Å². The zero-order valence-corrected chi connectivity index (χ0v) is 16.2. The smallest absolute Gasteiger partial charge is 0.248 e. The second-order valence-electron chi connectivity index (χ2n) is 6.17. The van der Waals surface area contributed by atoms with E-state index in [1.165, 1.54) is 23.5 Å². The highest BCUT2D eigenvalue weighted by Gasteiger charge is 2.23. The second kappa shape index (κ2) is 8.31. The van der Waals surface area contributed by atoms with Crippen molar-refractivity contribution < 1.29 is 14.3 Å². The molecule has 1 unspecified atom stereocenters. The molecule has 0 spiro atoms. The lowest BCUT2D eigenvalue weighted by molar-refractivity contribution is -0.118. The number of benzene rings is 1. The van der Waals surface area contributed by atoms with Crippen molar-refractivity contribution in [3.8, 4) is 0 Å². The third-order valence-corrected chi connectivity index (χ3v) is 5.90. The first-order chi connectivity index (χ1) is 12.9. The number of nitrogens with one attached hydrogen (secondary N) is 1. The van der Waals surface area contributed by atoms with Crippen LogP contribution in [-0.2, 0) is 11.4 Å². The van der Waals surface area contributed by atoms with E-state index in [4.69, 9.17) is 17.3 Å². The van der Waals surface area contributed by atoms with E-state index in [1.807, 2.05) is 6.92 Å². The molecular formula is C19H19ClFN3O2S. The Morgan fingerprint density at radius 3 is 2.89 bits per heavy atom. The Morgan fingerprint density at radius 1 is 1.48 bits per heavy atom. The third kappa shape index (κ3) is 4.27. The molecule has 1 aromatic carbocycles. The van der Waals surface area contributed by atoms with Gasteiger partial charge in [0.25, 0.3) is 0 Å². The van der Waals surface area contributed by atoms with E-state index in [1.54, 1.807) is 18.2 Å². The molecule has 0 saturated heterocycles. The number of aromatic nitrogens is 1. The fraction of sp³-hybridized carbons (Fsp3) is 0.263. The topological polar surface area (TPSA) is 88.2 Å². The van der Waals surface area contributed by atoms with Crippen LogP contribution in [0.3, 0.4) is 0 Å². The lowest BCUT2D eigenvalue weighted by Crippen LogP contribution is -2.34. The van der Waals surface area contributed by atoms with Crippen LogP contribution in [0.25, 0.3) is 5.57 Å². The van der Waals surface area contributed by atoms with Crippen LogP contribution in [0.15, 0.2) is 35.9 Å². The summed E-state index contributed by atoms with van der Waals surface area (Å²) in [6.45, 7) is 1.91. The van der Waals surface area contributed by atoms with Crippen LogP contribution in [0.2, 0.25) is 5.02 Å². The summed E-state index contributed by atoms with van der Waals surface area (Å²) in [6.07, 6.45) is 3.91. The van der Waals surface area contributed by atoms with Gasteiger partial charge >= 0.3 is 0 Å². The number of aliphatic hydroxyl groups excluding tert-OH is 1. The number of nitrogens with two attached hydrogens (primary N) is 1. The average molecular weight is 408 g/mol. The molecule has 1 aliphatic rings. The van der Waals surface area contributed by atoms with Gasteiger partial charge in [0.2, 0.25) is 5.91 Å². The van der Waals surface area contributed by atoms with E-state index in [-0.39, 0.29) is 24.1 Å². The highest BCUT2D eigenvalue weighted by atomic mass is 35.5. The van der Waals surface area contributed by atoms with Gasteiger partial charge in [-0.25, -0.2) is 9.37 Å². The standard InChI is InChI=1S/C19H19ClFN3O2S/c1-10-17(9-25)27-19(23-10)16(8-22)24-18(26)13-3-2-11(6-13)12-4-5-14(20)15(21)7-12/h2-5,7,16,25H,6,8-9,22H2,1H3,(H,24,26). The molecule has 1 aromatic heterocycles. The van der Waals surface area contributed by atoms with Crippen molar-refractivity contribution in [2.75, 3.05) is 6.54 Å². The van der Waals surface area contributed by atoms with Gasteiger partial charge in [0.05, 0.1) is 28.2 Å². The molecular weight excluding hydrogens is 389 g/mol. The Balaban J connectivity index is 1.67. The van der Waals surface area contributed by atoms with Gasteiger partial charge in [-0.1, -0.05) is 29.8 Å². The van der Waals surface area contributed by atoms with Gasteiger partial charge in [0.15, 0.2) is 0 Å². The van der Waals surface area contributed by atoms with Gasteiger partial charge in [0, 0.05) is 18.5 Å². The summed E-state index contributed by atoms with van der Waals surface area (Å²) < 4.78 is 13.7. The molecule has 27 heavy (non-hydrogen) atoms. The summed E-state index contributed by atoms with van der Waals surface area (Å²) >= 11 is 7.05. The SMILES string of the molecule is Cc1nc(C(CN)NC(=O)C2=CC=C(c3ccc(Cl)c(F)c3)C2)sc1CO. The minimum atomic E-state index is -0.491. The summed E-state index contributed by atoms with van der Waals surface area (Å²) in [7, 11) is 0. The molecule has 0 saturated carbocycles. The Bertz CT molecular complexity index is 939. The number of nitrogens with zero attached hydrogens (tertiary/aromatic N) is 1. The summed E-state index contributed by atoms with van der Waals surface area (Å²) in [5.74, 6) is -0.737. The van der Waals surface area contributed by atoms with E-state index in [0.29, 0.717) is 22.6 Å². The predicted octanol–water partition coefficient (Wildman–Crippen LogP) is 3.27.